The first-order valence-electron chi connectivity index (χ1n) is 5.09. The Morgan fingerprint density at radius 1 is 1.24 bits per heavy atom. The maximum Gasteiger partial charge on any atom is 0.280 e. The second kappa shape index (κ2) is 4.24. The molecule has 0 spiro atoms. The first-order chi connectivity index (χ1) is 8.02. The van der Waals surface area contributed by atoms with Gasteiger partial charge in [-0.05, 0) is 24.6 Å². The van der Waals surface area contributed by atoms with Crippen LogP contribution in [0.25, 0.3) is 10.9 Å². The third kappa shape index (κ3) is 2.05. The normalized spacial score (nSPS) is 11.2. The molecule has 2 aromatic rings. The molecule has 0 bridgehead atoms. The van der Waals surface area contributed by atoms with E-state index < -0.39 is 12.2 Å². The van der Waals surface area contributed by atoms with Gasteiger partial charge in [0.25, 0.3) is 6.43 Å². The van der Waals surface area contributed by atoms with Crippen LogP contribution >= 0.6 is 0 Å². The number of anilines is 1. The van der Waals surface area contributed by atoms with E-state index in [1.165, 1.54) is 12.1 Å². The van der Waals surface area contributed by atoms with E-state index in [9.17, 15) is 13.2 Å². The van der Waals surface area contributed by atoms with Crippen LogP contribution in [0.5, 0.6) is 0 Å². The predicted octanol–water partition coefficient (Wildman–Crippen LogP) is 3.66. The molecule has 0 aliphatic carbocycles. The molecule has 0 amide bonds. The number of aromatic nitrogens is 1. The number of benzene rings is 1. The molecule has 1 N–H and O–H groups in total. The second-order valence-corrected chi connectivity index (χ2v) is 3.76. The predicted molar refractivity (Wildman–Crippen MR) is 60.9 cm³/mol. The first-order valence-corrected chi connectivity index (χ1v) is 5.09. The highest BCUT2D eigenvalue weighted by Crippen LogP contribution is 2.30. The lowest BCUT2D eigenvalue weighted by atomic mass is 10.1. The zero-order valence-corrected chi connectivity index (χ0v) is 9.39. The molecule has 0 atom stereocenters. The lowest BCUT2D eigenvalue weighted by Crippen LogP contribution is -1.99. The van der Waals surface area contributed by atoms with Crippen LogP contribution in [-0.2, 0) is 0 Å². The zero-order chi connectivity index (χ0) is 12.6. The van der Waals surface area contributed by atoms with Crippen molar-refractivity contribution >= 4 is 16.6 Å². The average Bonchev–Trinajstić information content (AvgIpc) is 2.26. The summed E-state index contributed by atoms with van der Waals surface area (Å²) in [5, 5.41) is 3.49. The lowest BCUT2D eigenvalue weighted by Gasteiger charge is -2.11. The number of hydrogen-bond donors (Lipinski definition) is 1. The van der Waals surface area contributed by atoms with Crippen LogP contribution in [0.2, 0.25) is 0 Å². The highest BCUT2D eigenvalue weighted by Gasteiger charge is 2.14. The van der Waals surface area contributed by atoms with Gasteiger partial charge < -0.3 is 5.32 Å². The zero-order valence-electron chi connectivity index (χ0n) is 9.39. The van der Waals surface area contributed by atoms with Crippen LogP contribution in [0.15, 0.2) is 18.2 Å². The van der Waals surface area contributed by atoms with Gasteiger partial charge in [0.1, 0.15) is 11.5 Å². The molecule has 0 saturated heterocycles. The van der Waals surface area contributed by atoms with E-state index in [0.717, 1.165) is 6.07 Å². The molecule has 0 radical (unpaired) electrons. The van der Waals surface area contributed by atoms with Crippen molar-refractivity contribution < 1.29 is 13.2 Å². The molecule has 1 aromatic carbocycles. The highest BCUT2D eigenvalue weighted by atomic mass is 19.3. The summed E-state index contributed by atoms with van der Waals surface area (Å²) >= 11 is 0. The maximum atomic E-state index is 13.2. The van der Waals surface area contributed by atoms with Gasteiger partial charge in [-0.15, -0.1) is 0 Å². The Kier molecular flexibility index (Phi) is 2.92. The number of halogens is 3. The summed E-state index contributed by atoms with van der Waals surface area (Å²) in [6, 6.07) is 3.81. The Balaban J connectivity index is 2.82. The molecular weight excluding hydrogens is 229 g/mol. The third-order valence-corrected chi connectivity index (χ3v) is 2.58. The van der Waals surface area contributed by atoms with Crippen LogP contribution in [0.3, 0.4) is 0 Å². The Morgan fingerprint density at radius 2 is 1.94 bits per heavy atom. The molecule has 2 nitrogen and oxygen atoms in total. The van der Waals surface area contributed by atoms with Crippen molar-refractivity contribution in [3.63, 3.8) is 0 Å². The van der Waals surface area contributed by atoms with E-state index in [4.69, 9.17) is 0 Å². The molecule has 1 aromatic heterocycles. The van der Waals surface area contributed by atoms with Crippen molar-refractivity contribution in [3.8, 4) is 0 Å². The maximum absolute atomic E-state index is 13.2. The van der Waals surface area contributed by atoms with Crippen molar-refractivity contribution in [2.24, 2.45) is 0 Å². The van der Waals surface area contributed by atoms with Gasteiger partial charge in [0.15, 0.2) is 0 Å². The molecule has 1 heterocycles. The number of fused-ring (bicyclic) bond motifs is 1. The van der Waals surface area contributed by atoms with Crippen molar-refractivity contribution in [1.82, 2.24) is 4.98 Å². The molecule has 2 rings (SSSR count). The topological polar surface area (TPSA) is 24.9 Å². The molecule has 0 fully saturated rings. The molecule has 5 heteroatoms. The molecule has 17 heavy (non-hydrogen) atoms. The fraction of sp³-hybridized carbons (Fsp3) is 0.250. The van der Waals surface area contributed by atoms with Crippen LogP contribution in [-0.4, -0.2) is 12.0 Å². The number of aryl methyl sites for hydroxylation is 1. The number of alkyl halides is 2. The number of rotatable bonds is 2. The quantitative estimate of drug-likeness (QED) is 0.866. The van der Waals surface area contributed by atoms with E-state index in [1.807, 2.05) is 0 Å². The number of pyridine rings is 1. The van der Waals surface area contributed by atoms with Crippen LogP contribution in [0.1, 0.15) is 17.7 Å². The van der Waals surface area contributed by atoms with Crippen molar-refractivity contribution in [2.75, 3.05) is 12.4 Å². The molecule has 0 saturated carbocycles. The second-order valence-electron chi connectivity index (χ2n) is 3.76. The number of nitrogens with one attached hydrogen (secondary N) is 1. The van der Waals surface area contributed by atoms with Gasteiger partial charge >= 0.3 is 0 Å². The lowest BCUT2D eigenvalue weighted by molar-refractivity contribution is 0.146. The van der Waals surface area contributed by atoms with Crippen LogP contribution < -0.4 is 5.32 Å². The monoisotopic (exact) mass is 240 g/mol. The number of hydrogen-bond acceptors (Lipinski definition) is 2. The summed E-state index contributed by atoms with van der Waals surface area (Å²) in [6.07, 6.45) is -2.67. The van der Waals surface area contributed by atoms with E-state index in [-0.39, 0.29) is 11.2 Å². The Bertz CT molecular complexity index is 567. The van der Waals surface area contributed by atoms with Gasteiger partial charge in [-0.3, -0.25) is 0 Å². The van der Waals surface area contributed by atoms with Gasteiger partial charge in [0, 0.05) is 24.2 Å². The smallest absolute Gasteiger partial charge is 0.280 e. The minimum atomic E-state index is -2.67. The van der Waals surface area contributed by atoms with Crippen molar-refractivity contribution in [1.29, 1.82) is 0 Å². The summed E-state index contributed by atoms with van der Waals surface area (Å²) in [7, 11) is 1.63. The van der Waals surface area contributed by atoms with Gasteiger partial charge in [0.2, 0.25) is 0 Å². The Hall–Kier alpha value is -1.78. The van der Waals surface area contributed by atoms with Crippen molar-refractivity contribution in [2.45, 2.75) is 13.3 Å². The fourth-order valence-electron chi connectivity index (χ4n) is 1.86. The van der Waals surface area contributed by atoms with E-state index in [2.05, 4.69) is 10.3 Å². The summed E-state index contributed by atoms with van der Waals surface area (Å²) < 4.78 is 38.5. The Labute approximate surface area is 96.5 Å². The van der Waals surface area contributed by atoms with Crippen LogP contribution in [0, 0.1) is 12.7 Å². The van der Waals surface area contributed by atoms with E-state index >= 15 is 0 Å². The summed E-state index contributed by atoms with van der Waals surface area (Å²) in [6.45, 7) is 1.72. The summed E-state index contributed by atoms with van der Waals surface area (Å²) in [5.74, 6) is -0.476. The Morgan fingerprint density at radius 3 is 2.53 bits per heavy atom. The molecule has 0 aliphatic rings. The molecule has 90 valence electrons. The average molecular weight is 240 g/mol. The largest absolute Gasteiger partial charge is 0.388 e. The van der Waals surface area contributed by atoms with Gasteiger partial charge in [-0.25, -0.2) is 18.2 Å². The van der Waals surface area contributed by atoms with Crippen molar-refractivity contribution in [3.05, 3.63) is 35.3 Å². The van der Waals surface area contributed by atoms with E-state index in [1.54, 1.807) is 14.0 Å². The number of nitrogens with zero attached hydrogens (tertiary/aromatic N) is 1. The molecular formula is C12H11F3N2. The fourth-order valence-corrected chi connectivity index (χ4v) is 1.86. The van der Waals surface area contributed by atoms with Crippen LogP contribution in [0.4, 0.5) is 18.9 Å². The van der Waals surface area contributed by atoms with Gasteiger partial charge in [-0.2, -0.15) is 0 Å². The summed E-state index contributed by atoms with van der Waals surface area (Å²) in [4.78, 5) is 3.78. The highest BCUT2D eigenvalue weighted by molar-refractivity contribution is 5.94. The first kappa shape index (κ1) is 11.7. The molecule has 0 aliphatic heterocycles. The van der Waals surface area contributed by atoms with Gasteiger partial charge in [0.05, 0.1) is 5.52 Å². The third-order valence-electron chi connectivity index (χ3n) is 2.58. The SMILES string of the molecule is CNc1cc(C(F)F)nc2cc(F)cc(C)c12. The minimum absolute atomic E-state index is 0.240. The standard InChI is InChI=1S/C12H11F3N2/c1-6-3-7(13)4-9-11(6)8(16-2)5-10(17-9)12(14)15/h3-5,12H,1-2H3,(H,16,17). The van der Waals surface area contributed by atoms with Gasteiger partial charge in [-0.1, -0.05) is 0 Å². The minimum Gasteiger partial charge on any atom is -0.388 e. The summed E-state index contributed by atoms with van der Waals surface area (Å²) in [5.41, 5.74) is 1.08. The van der Waals surface area contributed by atoms with E-state index in [0.29, 0.717) is 16.6 Å². The molecule has 0 unspecified atom stereocenters.